The third-order valence-corrected chi connectivity index (χ3v) is 2.74. The van der Waals surface area contributed by atoms with Crippen molar-refractivity contribution < 1.29 is 0 Å². The fourth-order valence-electron chi connectivity index (χ4n) is 2.19. The van der Waals surface area contributed by atoms with Gasteiger partial charge in [-0.1, -0.05) is 6.08 Å². The molecule has 0 amide bonds. The minimum atomic E-state index is 1.23. The van der Waals surface area contributed by atoms with Crippen LogP contribution in [0.25, 0.3) is 0 Å². The standard InChI is InChI=1S/C10H15N/c1-8-4-3-5-9-6-7-11(2)10(8)9/h4H,3,5-7H2,1-2H3. The molecule has 0 unspecified atom stereocenters. The maximum atomic E-state index is 2.39. The second kappa shape index (κ2) is 2.40. The Morgan fingerprint density at radius 3 is 2.91 bits per heavy atom. The van der Waals surface area contributed by atoms with Crippen LogP contribution in [-0.4, -0.2) is 18.5 Å². The van der Waals surface area contributed by atoms with Crippen molar-refractivity contribution in [2.75, 3.05) is 13.6 Å². The Kier molecular flexibility index (Phi) is 1.52. The number of rotatable bonds is 0. The third-order valence-electron chi connectivity index (χ3n) is 2.74. The van der Waals surface area contributed by atoms with Crippen molar-refractivity contribution in [3.63, 3.8) is 0 Å². The van der Waals surface area contributed by atoms with E-state index >= 15 is 0 Å². The summed E-state index contributed by atoms with van der Waals surface area (Å²) in [5.41, 5.74) is 4.72. The van der Waals surface area contributed by atoms with E-state index in [4.69, 9.17) is 0 Å². The molecule has 0 aromatic carbocycles. The van der Waals surface area contributed by atoms with E-state index in [0.717, 1.165) is 0 Å². The zero-order valence-electron chi connectivity index (χ0n) is 7.35. The van der Waals surface area contributed by atoms with Gasteiger partial charge in [0.05, 0.1) is 0 Å². The second-order valence-electron chi connectivity index (χ2n) is 3.55. The summed E-state index contributed by atoms with van der Waals surface area (Å²) in [5.74, 6) is 0. The summed E-state index contributed by atoms with van der Waals surface area (Å²) in [6, 6.07) is 0. The van der Waals surface area contributed by atoms with Crippen molar-refractivity contribution in [1.29, 1.82) is 0 Å². The second-order valence-corrected chi connectivity index (χ2v) is 3.55. The molecular formula is C10H15N. The zero-order valence-corrected chi connectivity index (χ0v) is 7.35. The summed E-state index contributed by atoms with van der Waals surface area (Å²) >= 11 is 0. The molecule has 0 saturated heterocycles. The molecule has 1 heterocycles. The molecular weight excluding hydrogens is 134 g/mol. The Labute approximate surface area is 68.4 Å². The van der Waals surface area contributed by atoms with E-state index in [2.05, 4.69) is 24.9 Å². The van der Waals surface area contributed by atoms with Crippen LogP contribution in [-0.2, 0) is 0 Å². The lowest BCUT2D eigenvalue weighted by Gasteiger charge is -2.20. The highest BCUT2D eigenvalue weighted by molar-refractivity contribution is 5.38. The fraction of sp³-hybridized carbons (Fsp3) is 0.600. The van der Waals surface area contributed by atoms with Gasteiger partial charge in [0.25, 0.3) is 0 Å². The molecule has 1 aliphatic carbocycles. The highest BCUT2D eigenvalue weighted by Gasteiger charge is 2.21. The van der Waals surface area contributed by atoms with Gasteiger partial charge in [-0.25, -0.2) is 0 Å². The van der Waals surface area contributed by atoms with E-state index in [1.165, 1.54) is 37.1 Å². The Balaban J connectivity index is 2.36. The lowest BCUT2D eigenvalue weighted by molar-refractivity contribution is 0.465. The summed E-state index contributed by atoms with van der Waals surface area (Å²) in [6.45, 7) is 3.46. The molecule has 2 rings (SSSR count). The van der Waals surface area contributed by atoms with Gasteiger partial charge in [-0.05, 0) is 37.3 Å². The fourth-order valence-corrected chi connectivity index (χ4v) is 2.19. The smallest absolute Gasteiger partial charge is 0.0382 e. The highest BCUT2D eigenvalue weighted by Crippen LogP contribution is 2.33. The van der Waals surface area contributed by atoms with Gasteiger partial charge in [-0.2, -0.15) is 0 Å². The molecule has 1 nitrogen and oxygen atoms in total. The van der Waals surface area contributed by atoms with E-state index < -0.39 is 0 Å². The maximum absolute atomic E-state index is 2.39. The van der Waals surface area contributed by atoms with Crippen LogP contribution in [0.3, 0.4) is 0 Å². The van der Waals surface area contributed by atoms with Gasteiger partial charge in [0, 0.05) is 19.3 Å². The minimum Gasteiger partial charge on any atom is -0.374 e. The molecule has 0 aromatic rings. The third kappa shape index (κ3) is 0.991. The van der Waals surface area contributed by atoms with Gasteiger partial charge in [0.2, 0.25) is 0 Å². The average Bonchev–Trinajstić information content (AvgIpc) is 2.34. The Bertz CT molecular complexity index is 235. The average molecular weight is 149 g/mol. The van der Waals surface area contributed by atoms with Crippen molar-refractivity contribution in [2.24, 2.45) is 0 Å². The van der Waals surface area contributed by atoms with Gasteiger partial charge in [0.1, 0.15) is 0 Å². The van der Waals surface area contributed by atoms with Gasteiger partial charge in [-0.3, -0.25) is 0 Å². The van der Waals surface area contributed by atoms with E-state index in [9.17, 15) is 0 Å². The molecule has 11 heavy (non-hydrogen) atoms. The number of hydrogen-bond donors (Lipinski definition) is 0. The van der Waals surface area contributed by atoms with E-state index in [0.29, 0.717) is 0 Å². The van der Waals surface area contributed by atoms with Crippen LogP contribution in [0.5, 0.6) is 0 Å². The first-order valence-corrected chi connectivity index (χ1v) is 4.39. The zero-order chi connectivity index (χ0) is 7.84. The first-order chi connectivity index (χ1) is 5.29. The normalized spacial score (nSPS) is 23.8. The van der Waals surface area contributed by atoms with Crippen LogP contribution in [0.15, 0.2) is 22.9 Å². The van der Waals surface area contributed by atoms with Crippen molar-refractivity contribution in [3.05, 3.63) is 22.9 Å². The van der Waals surface area contributed by atoms with Gasteiger partial charge in [0.15, 0.2) is 0 Å². The molecule has 2 aliphatic rings. The number of allylic oxidation sites excluding steroid dienone is 2. The molecule has 0 aromatic heterocycles. The van der Waals surface area contributed by atoms with Crippen molar-refractivity contribution in [3.8, 4) is 0 Å². The monoisotopic (exact) mass is 149 g/mol. The van der Waals surface area contributed by atoms with Crippen LogP contribution < -0.4 is 0 Å². The lowest BCUT2D eigenvalue weighted by Crippen LogP contribution is -2.14. The molecule has 0 radical (unpaired) electrons. The van der Waals surface area contributed by atoms with Gasteiger partial charge >= 0.3 is 0 Å². The Morgan fingerprint density at radius 1 is 1.36 bits per heavy atom. The molecule has 1 heteroatoms. The molecule has 0 fully saturated rings. The van der Waals surface area contributed by atoms with Crippen LogP contribution in [0.4, 0.5) is 0 Å². The van der Waals surface area contributed by atoms with Gasteiger partial charge < -0.3 is 4.90 Å². The molecule has 0 N–H and O–H groups in total. The summed E-state index contributed by atoms with van der Waals surface area (Å²) in [6.07, 6.45) is 6.23. The van der Waals surface area contributed by atoms with E-state index in [1.807, 2.05) is 0 Å². The number of likely N-dealkylation sites (N-methyl/N-ethyl adjacent to an activating group) is 1. The van der Waals surface area contributed by atoms with Crippen LogP contribution in [0.2, 0.25) is 0 Å². The topological polar surface area (TPSA) is 3.24 Å². The summed E-state index contributed by atoms with van der Waals surface area (Å²) < 4.78 is 0. The largest absolute Gasteiger partial charge is 0.374 e. The van der Waals surface area contributed by atoms with E-state index in [1.54, 1.807) is 5.57 Å². The first kappa shape index (κ1) is 6.96. The van der Waals surface area contributed by atoms with Crippen molar-refractivity contribution >= 4 is 0 Å². The quantitative estimate of drug-likeness (QED) is 0.511. The lowest BCUT2D eigenvalue weighted by atomic mass is 9.97. The van der Waals surface area contributed by atoms with Crippen LogP contribution >= 0.6 is 0 Å². The highest BCUT2D eigenvalue weighted by atomic mass is 15.1. The maximum Gasteiger partial charge on any atom is 0.0382 e. The van der Waals surface area contributed by atoms with Crippen LogP contribution in [0.1, 0.15) is 26.2 Å². The van der Waals surface area contributed by atoms with Crippen LogP contribution in [0, 0.1) is 0 Å². The van der Waals surface area contributed by atoms with Crippen molar-refractivity contribution in [2.45, 2.75) is 26.2 Å². The SMILES string of the molecule is CC1=CCCC2=C1N(C)CC2. The predicted molar refractivity (Wildman–Crippen MR) is 47.3 cm³/mol. The Morgan fingerprint density at radius 2 is 2.18 bits per heavy atom. The summed E-state index contributed by atoms with van der Waals surface area (Å²) in [5, 5.41) is 0. The molecule has 60 valence electrons. The molecule has 0 spiro atoms. The van der Waals surface area contributed by atoms with Gasteiger partial charge in [-0.15, -0.1) is 0 Å². The molecule has 0 atom stereocenters. The molecule has 0 bridgehead atoms. The first-order valence-electron chi connectivity index (χ1n) is 4.39. The minimum absolute atomic E-state index is 1.23. The summed E-state index contributed by atoms with van der Waals surface area (Å²) in [7, 11) is 2.20. The molecule has 0 saturated carbocycles. The van der Waals surface area contributed by atoms with E-state index in [-0.39, 0.29) is 0 Å². The molecule has 1 aliphatic heterocycles. The Hall–Kier alpha value is -0.720. The number of nitrogens with zero attached hydrogens (tertiary/aromatic N) is 1. The predicted octanol–water partition coefficient (Wildman–Crippen LogP) is 2.32. The van der Waals surface area contributed by atoms with Crippen molar-refractivity contribution in [1.82, 2.24) is 4.90 Å². The summed E-state index contributed by atoms with van der Waals surface area (Å²) in [4.78, 5) is 2.39. The number of hydrogen-bond acceptors (Lipinski definition) is 1.